The van der Waals surface area contributed by atoms with E-state index in [9.17, 15) is 14.7 Å². The molecule has 0 saturated carbocycles. The van der Waals surface area contributed by atoms with Crippen molar-refractivity contribution in [3.8, 4) is 11.5 Å². The minimum absolute atomic E-state index is 0.0397. The third kappa shape index (κ3) is 4.77. The molecule has 2 N–H and O–H groups in total. The van der Waals surface area contributed by atoms with E-state index in [-0.39, 0.29) is 17.4 Å². The number of carboxylic acid groups (broad SMARTS) is 1. The lowest BCUT2D eigenvalue weighted by Crippen LogP contribution is -2.25. The summed E-state index contributed by atoms with van der Waals surface area (Å²) in [6.07, 6.45) is 1.81. The molecule has 1 saturated heterocycles. The summed E-state index contributed by atoms with van der Waals surface area (Å²) in [4.78, 5) is 23.9. The zero-order valence-electron chi connectivity index (χ0n) is 14.9. The van der Waals surface area contributed by atoms with Gasteiger partial charge in [0, 0.05) is 18.4 Å². The van der Waals surface area contributed by atoms with Gasteiger partial charge >= 0.3 is 5.97 Å². The Morgan fingerprint density at radius 1 is 1.07 bits per heavy atom. The second-order valence-corrected chi connectivity index (χ2v) is 6.12. The van der Waals surface area contributed by atoms with Gasteiger partial charge in [0.2, 0.25) is 0 Å². The van der Waals surface area contributed by atoms with Crippen molar-refractivity contribution in [1.82, 2.24) is 0 Å². The Kier molecular flexibility index (Phi) is 5.93. The van der Waals surface area contributed by atoms with Crippen LogP contribution in [0, 0.1) is 0 Å². The zero-order chi connectivity index (χ0) is 19.2. The lowest BCUT2D eigenvalue weighted by Gasteiger charge is -2.23. The number of nitrogens with one attached hydrogen (secondary N) is 1. The summed E-state index contributed by atoms with van der Waals surface area (Å²) >= 11 is 0. The van der Waals surface area contributed by atoms with Crippen LogP contribution in [0.4, 0.5) is 5.69 Å². The molecule has 1 amide bonds. The second kappa shape index (κ2) is 8.55. The average Bonchev–Trinajstić information content (AvgIpc) is 2.69. The SMILES string of the molecule is COc1ccc(NC(=O)c2ccc(OC3CCOCC3)cc2)c(C(=O)O)c1. The minimum Gasteiger partial charge on any atom is -0.497 e. The van der Waals surface area contributed by atoms with Crippen LogP contribution in [0.15, 0.2) is 42.5 Å². The highest BCUT2D eigenvalue weighted by Crippen LogP contribution is 2.23. The largest absolute Gasteiger partial charge is 0.497 e. The molecule has 7 heteroatoms. The molecule has 2 aromatic carbocycles. The number of benzene rings is 2. The number of amides is 1. The maximum Gasteiger partial charge on any atom is 0.337 e. The molecular formula is C20H21NO6. The Morgan fingerprint density at radius 3 is 2.37 bits per heavy atom. The Balaban J connectivity index is 1.68. The van der Waals surface area contributed by atoms with Crippen molar-refractivity contribution in [3.63, 3.8) is 0 Å². The van der Waals surface area contributed by atoms with Crippen molar-refractivity contribution < 1.29 is 28.9 Å². The van der Waals surface area contributed by atoms with Gasteiger partial charge in [-0.05, 0) is 42.5 Å². The first-order valence-corrected chi connectivity index (χ1v) is 8.64. The molecule has 0 aromatic heterocycles. The standard InChI is InChI=1S/C20H21NO6/c1-25-16-6-7-18(17(12-16)20(23)24)21-19(22)13-2-4-14(5-3-13)27-15-8-10-26-11-9-15/h2-7,12,15H,8-11H2,1H3,(H,21,22)(H,23,24). The van der Waals surface area contributed by atoms with Crippen molar-refractivity contribution in [3.05, 3.63) is 53.6 Å². The van der Waals surface area contributed by atoms with Crippen LogP contribution in [-0.4, -0.2) is 43.4 Å². The van der Waals surface area contributed by atoms with Gasteiger partial charge in [-0.2, -0.15) is 0 Å². The minimum atomic E-state index is -1.15. The molecule has 2 aromatic rings. The number of methoxy groups -OCH3 is 1. The molecule has 1 aliphatic rings. The van der Waals surface area contributed by atoms with Crippen molar-refractivity contribution in [2.75, 3.05) is 25.6 Å². The van der Waals surface area contributed by atoms with Gasteiger partial charge in [0.05, 0.1) is 31.6 Å². The van der Waals surface area contributed by atoms with Crippen LogP contribution in [-0.2, 0) is 4.74 Å². The highest BCUT2D eigenvalue weighted by molar-refractivity contribution is 6.07. The smallest absolute Gasteiger partial charge is 0.337 e. The molecule has 142 valence electrons. The molecule has 3 rings (SSSR count). The molecule has 0 atom stereocenters. The molecule has 1 aliphatic heterocycles. The van der Waals surface area contributed by atoms with E-state index >= 15 is 0 Å². The van der Waals surface area contributed by atoms with Crippen LogP contribution in [0.2, 0.25) is 0 Å². The number of carboxylic acids is 1. The van der Waals surface area contributed by atoms with E-state index < -0.39 is 11.9 Å². The third-order valence-electron chi connectivity index (χ3n) is 4.29. The van der Waals surface area contributed by atoms with Gasteiger partial charge < -0.3 is 24.6 Å². The molecule has 0 spiro atoms. The van der Waals surface area contributed by atoms with Crippen molar-refractivity contribution in [1.29, 1.82) is 0 Å². The van der Waals surface area contributed by atoms with E-state index in [1.54, 1.807) is 30.3 Å². The summed E-state index contributed by atoms with van der Waals surface area (Å²) in [6, 6.07) is 11.2. The summed E-state index contributed by atoms with van der Waals surface area (Å²) in [5, 5.41) is 12.0. The number of carbonyl (C=O) groups is 2. The van der Waals surface area contributed by atoms with E-state index in [2.05, 4.69) is 5.32 Å². The van der Waals surface area contributed by atoms with E-state index in [4.69, 9.17) is 14.2 Å². The zero-order valence-corrected chi connectivity index (χ0v) is 14.9. The summed E-state index contributed by atoms with van der Waals surface area (Å²) in [6.45, 7) is 1.39. The molecule has 1 heterocycles. The number of hydrogen-bond donors (Lipinski definition) is 2. The molecular weight excluding hydrogens is 350 g/mol. The Labute approximate surface area is 156 Å². The van der Waals surface area contributed by atoms with Gasteiger partial charge in [-0.3, -0.25) is 4.79 Å². The number of hydrogen-bond acceptors (Lipinski definition) is 5. The van der Waals surface area contributed by atoms with Crippen molar-refractivity contribution in [2.24, 2.45) is 0 Å². The predicted molar refractivity (Wildman–Crippen MR) is 98.8 cm³/mol. The van der Waals surface area contributed by atoms with Crippen LogP contribution < -0.4 is 14.8 Å². The van der Waals surface area contributed by atoms with Crippen LogP contribution in [0.1, 0.15) is 33.6 Å². The molecule has 0 aliphatic carbocycles. The number of aromatic carboxylic acids is 1. The molecule has 27 heavy (non-hydrogen) atoms. The predicted octanol–water partition coefficient (Wildman–Crippen LogP) is 3.20. The van der Waals surface area contributed by atoms with Crippen LogP contribution in [0.3, 0.4) is 0 Å². The van der Waals surface area contributed by atoms with Crippen molar-refractivity contribution in [2.45, 2.75) is 18.9 Å². The van der Waals surface area contributed by atoms with Gasteiger partial charge in [-0.15, -0.1) is 0 Å². The second-order valence-electron chi connectivity index (χ2n) is 6.12. The van der Waals surface area contributed by atoms with E-state index in [0.717, 1.165) is 12.8 Å². The summed E-state index contributed by atoms with van der Waals surface area (Å²) in [5.41, 5.74) is 0.569. The third-order valence-corrected chi connectivity index (χ3v) is 4.29. The number of carbonyl (C=O) groups excluding carboxylic acids is 1. The first kappa shape index (κ1) is 18.7. The average molecular weight is 371 g/mol. The van der Waals surface area contributed by atoms with Crippen LogP contribution in [0.25, 0.3) is 0 Å². The number of ether oxygens (including phenoxy) is 3. The van der Waals surface area contributed by atoms with Crippen LogP contribution >= 0.6 is 0 Å². The van der Waals surface area contributed by atoms with Gasteiger partial charge in [-0.1, -0.05) is 0 Å². The monoisotopic (exact) mass is 371 g/mol. The quantitative estimate of drug-likeness (QED) is 0.810. The molecule has 0 bridgehead atoms. The maximum absolute atomic E-state index is 12.5. The topological polar surface area (TPSA) is 94.1 Å². The number of anilines is 1. The fourth-order valence-electron chi connectivity index (χ4n) is 2.80. The molecule has 0 radical (unpaired) electrons. The molecule has 0 unspecified atom stereocenters. The van der Waals surface area contributed by atoms with Crippen molar-refractivity contribution >= 4 is 17.6 Å². The van der Waals surface area contributed by atoms with Gasteiger partial charge in [0.25, 0.3) is 5.91 Å². The fraction of sp³-hybridized carbons (Fsp3) is 0.300. The Morgan fingerprint density at radius 2 is 1.74 bits per heavy atom. The highest BCUT2D eigenvalue weighted by atomic mass is 16.5. The summed E-state index contributed by atoms with van der Waals surface area (Å²) in [7, 11) is 1.45. The van der Waals surface area contributed by atoms with Gasteiger partial charge in [-0.25, -0.2) is 4.79 Å². The Bertz CT molecular complexity index is 812. The molecule has 1 fully saturated rings. The summed E-state index contributed by atoms with van der Waals surface area (Å²) < 4.78 is 16.2. The normalized spacial score (nSPS) is 14.4. The van der Waals surface area contributed by atoms with E-state index in [1.165, 1.54) is 19.2 Å². The van der Waals surface area contributed by atoms with Crippen LogP contribution in [0.5, 0.6) is 11.5 Å². The first-order valence-electron chi connectivity index (χ1n) is 8.64. The maximum atomic E-state index is 12.5. The summed E-state index contributed by atoms with van der Waals surface area (Å²) in [5.74, 6) is -0.459. The first-order chi connectivity index (χ1) is 13.1. The fourth-order valence-corrected chi connectivity index (χ4v) is 2.80. The van der Waals surface area contributed by atoms with E-state index in [1.807, 2.05) is 0 Å². The lowest BCUT2D eigenvalue weighted by atomic mass is 10.1. The lowest BCUT2D eigenvalue weighted by molar-refractivity contribution is 0.0255. The van der Waals surface area contributed by atoms with Gasteiger partial charge in [0.15, 0.2) is 0 Å². The number of rotatable bonds is 6. The molecule has 7 nitrogen and oxygen atoms in total. The Hall–Kier alpha value is -3.06. The van der Waals surface area contributed by atoms with Gasteiger partial charge in [0.1, 0.15) is 17.6 Å². The van der Waals surface area contributed by atoms with E-state index in [0.29, 0.717) is 30.3 Å². The highest BCUT2D eigenvalue weighted by Gasteiger charge is 2.17.